The molecule has 0 spiro atoms. The second kappa shape index (κ2) is 8.35. The van der Waals surface area contributed by atoms with E-state index in [1.807, 2.05) is 0 Å². The average molecular weight is 438 g/mol. The third-order valence-electron chi connectivity index (χ3n) is 6.96. The van der Waals surface area contributed by atoms with Gasteiger partial charge >= 0.3 is 0 Å². The van der Waals surface area contributed by atoms with E-state index in [1.54, 1.807) is 0 Å². The quantitative estimate of drug-likeness (QED) is 0.266. The first kappa shape index (κ1) is 20.5. The van der Waals surface area contributed by atoms with Crippen LogP contribution in [0.4, 0.5) is 0 Å². The Morgan fingerprint density at radius 3 is 1.82 bits per heavy atom. The molecular weight excluding hydrogens is 410 g/mol. The number of hydrogen-bond donors (Lipinski definition) is 0. The fraction of sp³-hybridized carbons (Fsp3) is 0.0909. The SMILES string of the molecule is Cc1ccc(C2=C(c3cn(C)c4ccccc34)C(c3ccccc3)=C(c3ccccc3)C2)cc1. The van der Waals surface area contributed by atoms with Crippen LogP contribution in [-0.4, -0.2) is 4.57 Å². The molecule has 0 N–H and O–H groups in total. The van der Waals surface area contributed by atoms with Gasteiger partial charge in [0, 0.05) is 29.7 Å². The topological polar surface area (TPSA) is 4.93 Å². The fourth-order valence-corrected chi connectivity index (χ4v) is 5.30. The number of hydrogen-bond acceptors (Lipinski definition) is 0. The summed E-state index contributed by atoms with van der Waals surface area (Å²) in [7, 11) is 2.15. The van der Waals surface area contributed by atoms with E-state index in [0.29, 0.717) is 0 Å². The Kier molecular flexibility index (Phi) is 5.04. The Balaban J connectivity index is 1.71. The van der Waals surface area contributed by atoms with Crippen LogP contribution in [0.1, 0.15) is 34.2 Å². The third kappa shape index (κ3) is 3.41. The fourth-order valence-electron chi connectivity index (χ4n) is 5.30. The number of para-hydroxylation sites is 1. The second-order valence-corrected chi connectivity index (χ2v) is 9.15. The van der Waals surface area contributed by atoms with Crippen molar-refractivity contribution in [2.75, 3.05) is 0 Å². The van der Waals surface area contributed by atoms with E-state index in [9.17, 15) is 0 Å². The molecule has 1 nitrogen and oxygen atoms in total. The molecule has 0 saturated carbocycles. The van der Waals surface area contributed by atoms with E-state index in [-0.39, 0.29) is 0 Å². The first-order valence-corrected chi connectivity index (χ1v) is 11.9. The largest absolute Gasteiger partial charge is 0.350 e. The molecule has 0 aliphatic heterocycles. The highest BCUT2D eigenvalue weighted by atomic mass is 14.9. The molecule has 0 fully saturated rings. The van der Waals surface area contributed by atoms with Gasteiger partial charge in [0.25, 0.3) is 0 Å². The molecule has 0 saturated heterocycles. The van der Waals surface area contributed by atoms with Crippen LogP contribution in [0, 0.1) is 6.92 Å². The van der Waals surface area contributed by atoms with Gasteiger partial charge in [0.05, 0.1) is 0 Å². The van der Waals surface area contributed by atoms with Gasteiger partial charge in [-0.3, -0.25) is 0 Å². The molecule has 1 aliphatic rings. The van der Waals surface area contributed by atoms with Crippen LogP contribution >= 0.6 is 0 Å². The minimum atomic E-state index is 0.913. The van der Waals surface area contributed by atoms with Gasteiger partial charge in [-0.25, -0.2) is 0 Å². The number of aryl methyl sites for hydroxylation is 2. The zero-order chi connectivity index (χ0) is 23.1. The molecule has 0 unspecified atom stereocenters. The summed E-state index contributed by atoms with van der Waals surface area (Å²) < 4.78 is 2.26. The number of benzene rings is 4. The van der Waals surface area contributed by atoms with E-state index in [4.69, 9.17) is 0 Å². The molecule has 1 aromatic heterocycles. The molecule has 5 aromatic rings. The second-order valence-electron chi connectivity index (χ2n) is 9.15. The summed E-state index contributed by atoms with van der Waals surface area (Å²) in [6.07, 6.45) is 3.22. The third-order valence-corrected chi connectivity index (χ3v) is 6.96. The summed E-state index contributed by atoms with van der Waals surface area (Å²) in [4.78, 5) is 0. The summed E-state index contributed by atoms with van der Waals surface area (Å²) in [6, 6.07) is 39.6. The zero-order valence-corrected chi connectivity index (χ0v) is 19.6. The Bertz CT molecular complexity index is 1550. The number of allylic oxidation sites excluding steroid dienone is 4. The van der Waals surface area contributed by atoms with Gasteiger partial charge in [-0.2, -0.15) is 0 Å². The van der Waals surface area contributed by atoms with Gasteiger partial charge in [0.15, 0.2) is 0 Å². The lowest BCUT2D eigenvalue weighted by Crippen LogP contribution is -1.92. The van der Waals surface area contributed by atoms with Crippen LogP contribution < -0.4 is 0 Å². The minimum absolute atomic E-state index is 0.913. The predicted octanol–water partition coefficient (Wildman–Crippen LogP) is 8.41. The molecule has 1 aliphatic carbocycles. The molecule has 34 heavy (non-hydrogen) atoms. The lowest BCUT2D eigenvalue weighted by molar-refractivity contribution is 0.967. The number of fused-ring (bicyclic) bond motifs is 1. The lowest BCUT2D eigenvalue weighted by Gasteiger charge is -2.14. The summed E-state index contributed by atoms with van der Waals surface area (Å²) in [6.45, 7) is 2.15. The van der Waals surface area contributed by atoms with Gasteiger partial charge in [0.1, 0.15) is 0 Å². The highest BCUT2D eigenvalue weighted by molar-refractivity contribution is 6.29. The van der Waals surface area contributed by atoms with Crippen LogP contribution in [0.2, 0.25) is 0 Å². The van der Waals surface area contributed by atoms with Crippen molar-refractivity contribution in [2.45, 2.75) is 13.3 Å². The van der Waals surface area contributed by atoms with Gasteiger partial charge in [0.2, 0.25) is 0 Å². The van der Waals surface area contributed by atoms with Crippen molar-refractivity contribution < 1.29 is 0 Å². The normalized spacial score (nSPS) is 13.8. The lowest BCUT2D eigenvalue weighted by atomic mass is 9.89. The summed E-state index contributed by atoms with van der Waals surface area (Å²) in [5.41, 5.74) is 13.2. The van der Waals surface area contributed by atoms with Gasteiger partial charge in [-0.1, -0.05) is 109 Å². The maximum atomic E-state index is 2.31. The monoisotopic (exact) mass is 437 g/mol. The van der Waals surface area contributed by atoms with Crippen molar-refractivity contribution in [2.24, 2.45) is 7.05 Å². The summed E-state index contributed by atoms with van der Waals surface area (Å²) in [5, 5.41) is 1.30. The Morgan fingerprint density at radius 1 is 0.559 bits per heavy atom. The smallest absolute Gasteiger partial charge is 0.0484 e. The van der Waals surface area contributed by atoms with Crippen molar-refractivity contribution in [3.8, 4) is 0 Å². The van der Waals surface area contributed by atoms with Gasteiger partial charge in [-0.05, 0) is 58.4 Å². The van der Waals surface area contributed by atoms with E-state index < -0.39 is 0 Å². The molecule has 0 bridgehead atoms. The summed E-state index contributed by atoms with van der Waals surface area (Å²) >= 11 is 0. The Labute approximate surface area is 201 Å². The maximum absolute atomic E-state index is 2.31. The standard InChI is InChI=1S/C33H27N/c1-23-17-19-25(20-18-23)29-21-28(24-11-5-3-6-12-24)32(26-13-7-4-8-14-26)33(29)30-22-34(2)31-16-10-9-15-27(30)31/h3-20,22H,21H2,1-2H3. The van der Waals surface area contributed by atoms with Crippen molar-refractivity contribution in [3.63, 3.8) is 0 Å². The average Bonchev–Trinajstić information content (AvgIpc) is 3.44. The Morgan fingerprint density at radius 2 is 1.12 bits per heavy atom. The number of nitrogens with zero attached hydrogens (tertiary/aromatic N) is 1. The van der Waals surface area contributed by atoms with Crippen LogP contribution in [-0.2, 0) is 7.05 Å². The highest BCUT2D eigenvalue weighted by Crippen LogP contribution is 2.52. The first-order chi connectivity index (χ1) is 16.7. The predicted molar refractivity (Wildman–Crippen MR) is 145 cm³/mol. The van der Waals surface area contributed by atoms with Crippen molar-refractivity contribution in [3.05, 3.63) is 143 Å². The Hall–Kier alpha value is -4.10. The van der Waals surface area contributed by atoms with Crippen LogP contribution in [0.5, 0.6) is 0 Å². The molecular formula is C33H27N. The van der Waals surface area contributed by atoms with Crippen LogP contribution in [0.15, 0.2) is 115 Å². The number of rotatable bonds is 4. The molecule has 0 atom stereocenters. The molecule has 0 amide bonds. The van der Waals surface area contributed by atoms with Crippen LogP contribution in [0.25, 0.3) is 33.2 Å². The van der Waals surface area contributed by atoms with Crippen LogP contribution in [0.3, 0.4) is 0 Å². The molecule has 4 aromatic carbocycles. The maximum Gasteiger partial charge on any atom is 0.0484 e. The highest BCUT2D eigenvalue weighted by Gasteiger charge is 2.30. The van der Waals surface area contributed by atoms with Gasteiger partial charge in [-0.15, -0.1) is 0 Å². The van der Waals surface area contributed by atoms with E-state index >= 15 is 0 Å². The molecule has 6 rings (SSSR count). The van der Waals surface area contributed by atoms with Crippen molar-refractivity contribution in [1.82, 2.24) is 4.57 Å². The summed E-state index contributed by atoms with van der Waals surface area (Å²) in [5.74, 6) is 0. The van der Waals surface area contributed by atoms with E-state index in [1.165, 1.54) is 61.0 Å². The number of aromatic nitrogens is 1. The van der Waals surface area contributed by atoms with Crippen molar-refractivity contribution >= 4 is 33.2 Å². The molecule has 1 heteroatoms. The minimum Gasteiger partial charge on any atom is -0.350 e. The zero-order valence-electron chi connectivity index (χ0n) is 19.6. The van der Waals surface area contributed by atoms with Crippen molar-refractivity contribution in [1.29, 1.82) is 0 Å². The van der Waals surface area contributed by atoms with Gasteiger partial charge < -0.3 is 4.57 Å². The van der Waals surface area contributed by atoms with E-state index in [0.717, 1.165) is 6.42 Å². The van der Waals surface area contributed by atoms with E-state index in [2.05, 4.69) is 134 Å². The molecule has 0 radical (unpaired) electrons. The molecule has 164 valence electrons. The first-order valence-electron chi connectivity index (χ1n) is 11.9. The molecule has 1 heterocycles.